The van der Waals surface area contributed by atoms with Gasteiger partial charge in [-0.3, -0.25) is 24.3 Å². The minimum Gasteiger partial charge on any atom is -0.310 e. The first kappa shape index (κ1) is 22.1. The van der Waals surface area contributed by atoms with Crippen LogP contribution in [0, 0.1) is 13.8 Å². The van der Waals surface area contributed by atoms with Crippen molar-refractivity contribution in [1.29, 1.82) is 0 Å². The highest BCUT2D eigenvalue weighted by Crippen LogP contribution is 2.22. The number of nitrogens with zero attached hydrogens (tertiary/aromatic N) is 3. The Kier molecular flexibility index (Phi) is 6.77. The van der Waals surface area contributed by atoms with Gasteiger partial charge in [-0.25, -0.2) is 4.98 Å². The number of aryl methyl sites for hydroxylation is 1. The fraction of sp³-hybridized carbons (Fsp3) is 0.174. The number of rotatable bonds is 6. The van der Waals surface area contributed by atoms with Crippen LogP contribution in [0.4, 0.5) is 5.82 Å². The highest BCUT2D eigenvalue weighted by molar-refractivity contribution is 6.30. The normalized spacial score (nSPS) is 10.5. The molecule has 0 spiro atoms. The summed E-state index contributed by atoms with van der Waals surface area (Å²) in [6.45, 7) is 3.60. The van der Waals surface area contributed by atoms with Gasteiger partial charge in [-0.15, -0.1) is 0 Å². The molecule has 0 saturated heterocycles. The number of pyridine rings is 2. The van der Waals surface area contributed by atoms with Gasteiger partial charge in [-0.1, -0.05) is 23.2 Å². The molecule has 31 heavy (non-hydrogen) atoms. The third-order valence-corrected chi connectivity index (χ3v) is 5.00. The number of imide groups is 1. The fourth-order valence-electron chi connectivity index (χ4n) is 3.15. The first-order chi connectivity index (χ1) is 14.8. The summed E-state index contributed by atoms with van der Waals surface area (Å²) in [7, 11) is 1.40. The first-order valence-electron chi connectivity index (χ1n) is 9.48. The van der Waals surface area contributed by atoms with E-state index in [2.05, 4.69) is 15.3 Å². The van der Waals surface area contributed by atoms with Crippen LogP contribution in [0.1, 0.15) is 27.0 Å². The Morgan fingerprint density at radius 2 is 1.87 bits per heavy atom. The van der Waals surface area contributed by atoms with E-state index in [1.54, 1.807) is 43.7 Å². The average molecular weight is 437 g/mol. The molecule has 0 aliphatic heterocycles. The van der Waals surface area contributed by atoms with Crippen LogP contribution in [-0.2, 0) is 16.0 Å². The molecule has 0 aliphatic rings. The third kappa shape index (κ3) is 5.32. The van der Waals surface area contributed by atoms with Gasteiger partial charge in [0.1, 0.15) is 5.82 Å². The van der Waals surface area contributed by atoms with Gasteiger partial charge in [0.05, 0.1) is 11.4 Å². The quantitative estimate of drug-likeness (QED) is 0.593. The number of amides is 3. The van der Waals surface area contributed by atoms with Gasteiger partial charge in [-0.2, -0.15) is 0 Å². The largest absolute Gasteiger partial charge is 0.310 e. The molecule has 0 saturated carbocycles. The number of nitrogens with one attached hydrogen (secondary N) is 1. The molecular weight excluding hydrogens is 416 g/mol. The molecule has 1 aromatic carbocycles. The number of hydrogen-bond acceptors (Lipinski definition) is 5. The lowest BCUT2D eigenvalue weighted by Gasteiger charge is -2.15. The van der Waals surface area contributed by atoms with E-state index in [0.717, 1.165) is 21.6 Å². The highest BCUT2D eigenvalue weighted by Gasteiger charge is 2.18. The minimum absolute atomic E-state index is 0.0697. The van der Waals surface area contributed by atoms with Crippen LogP contribution in [0.25, 0.3) is 11.1 Å². The topological polar surface area (TPSA) is 92.3 Å². The predicted octanol–water partition coefficient (Wildman–Crippen LogP) is 3.82. The lowest BCUT2D eigenvalue weighted by Crippen LogP contribution is -2.26. The second-order valence-electron chi connectivity index (χ2n) is 7.17. The van der Waals surface area contributed by atoms with Gasteiger partial charge in [0.25, 0.3) is 5.91 Å². The maximum absolute atomic E-state index is 12.6. The number of halogens is 1. The zero-order chi connectivity index (χ0) is 22.5. The number of carbonyl (C=O) groups excluding carboxylic acids is 3. The van der Waals surface area contributed by atoms with Gasteiger partial charge < -0.3 is 5.32 Å². The second-order valence-corrected chi connectivity index (χ2v) is 7.60. The van der Waals surface area contributed by atoms with E-state index in [1.165, 1.54) is 7.05 Å². The number of hydrogen-bond donors (Lipinski definition) is 1. The van der Waals surface area contributed by atoms with Gasteiger partial charge in [0.2, 0.25) is 12.3 Å². The average Bonchev–Trinajstić information content (AvgIpc) is 2.75. The Morgan fingerprint density at radius 1 is 1.10 bits per heavy atom. The van der Waals surface area contributed by atoms with Gasteiger partial charge in [-0.05, 0) is 49.2 Å². The Hall–Kier alpha value is -3.58. The molecule has 0 aliphatic carbocycles. The lowest BCUT2D eigenvalue weighted by atomic mass is 9.96. The Balaban J connectivity index is 1.74. The molecule has 0 bridgehead atoms. The van der Waals surface area contributed by atoms with Crippen LogP contribution >= 0.6 is 11.6 Å². The summed E-state index contributed by atoms with van der Waals surface area (Å²) in [6, 6.07) is 8.87. The van der Waals surface area contributed by atoms with Crippen LogP contribution in [0.5, 0.6) is 0 Å². The Labute approximate surface area is 185 Å². The molecular formula is C23H21ClN4O3. The van der Waals surface area contributed by atoms with E-state index in [1.807, 2.05) is 19.1 Å². The van der Waals surface area contributed by atoms with Crippen LogP contribution < -0.4 is 5.32 Å². The molecule has 3 rings (SSSR count). The van der Waals surface area contributed by atoms with E-state index >= 15 is 0 Å². The van der Waals surface area contributed by atoms with E-state index < -0.39 is 5.91 Å². The molecule has 3 amide bonds. The molecule has 158 valence electrons. The monoisotopic (exact) mass is 436 g/mol. The Morgan fingerprint density at radius 3 is 2.52 bits per heavy atom. The molecule has 0 unspecified atom stereocenters. The van der Waals surface area contributed by atoms with Crippen molar-refractivity contribution < 1.29 is 14.4 Å². The summed E-state index contributed by atoms with van der Waals surface area (Å²) in [5.74, 6) is -0.267. The molecule has 1 N–H and O–H groups in total. The van der Waals surface area contributed by atoms with Crippen molar-refractivity contribution in [3.8, 4) is 11.1 Å². The van der Waals surface area contributed by atoms with Crippen LogP contribution in [0.3, 0.4) is 0 Å². The van der Waals surface area contributed by atoms with Crippen molar-refractivity contribution in [2.45, 2.75) is 20.3 Å². The van der Waals surface area contributed by atoms with Crippen molar-refractivity contribution in [2.24, 2.45) is 0 Å². The third-order valence-electron chi connectivity index (χ3n) is 4.79. The van der Waals surface area contributed by atoms with Crippen molar-refractivity contribution in [3.63, 3.8) is 0 Å². The van der Waals surface area contributed by atoms with Gasteiger partial charge in [0, 0.05) is 42.3 Å². The summed E-state index contributed by atoms with van der Waals surface area (Å²) in [5.41, 5.74) is 4.25. The summed E-state index contributed by atoms with van der Waals surface area (Å²) in [6.07, 6.45) is 5.40. The second kappa shape index (κ2) is 9.49. The van der Waals surface area contributed by atoms with E-state index in [0.29, 0.717) is 33.9 Å². The van der Waals surface area contributed by atoms with E-state index in [4.69, 9.17) is 11.6 Å². The predicted molar refractivity (Wildman–Crippen MR) is 119 cm³/mol. The molecule has 0 radical (unpaired) electrons. The van der Waals surface area contributed by atoms with Crippen LogP contribution in [-0.4, -0.2) is 40.1 Å². The summed E-state index contributed by atoms with van der Waals surface area (Å²) < 4.78 is 0. The zero-order valence-corrected chi connectivity index (χ0v) is 18.1. The maximum Gasteiger partial charge on any atom is 0.260 e. The van der Waals surface area contributed by atoms with Crippen LogP contribution in [0.2, 0.25) is 5.02 Å². The van der Waals surface area contributed by atoms with Crippen molar-refractivity contribution in [2.75, 3.05) is 12.4 Å². The molecule has 3 aromatic rings. The molecule has 2 heterocycles. The molecule has 0 atom stereocenters. The molecule has 8 heteroatoms. The summed E-state index contributed by atoms with van der Waals surface area (Å²) >= 11 is 5.97. The van der Waals surface area contributed by atoms with Gasteiger partial charge >= 0.3 is 0 Å². The maximum atomic E-state index is 12.6. The molecule has 7 nitrogen and oxygen atoms in total. The number of benzene rings is 1. The standard InChI is InChI=1S/C23H21ClN4O3/c1-14-6-17(15(2)20(7-14)23(31)28(3)13-29)9-22(30)27-21-5-4-16(11-26-21)18-8-19(24)12-25-10-18/h4-8,10-13H,9H2,1-3H3,(H,26,27,30). The summed E-state index contributed by atoms with van der Waals surface area (Å²) in [5, 5.41) is 3.29. The fourth-order valence-corrected chi connectivity index (χ4v) is 3.32. The number of carbonyl (C=O) groups is 3. The number of anilines is 1. The first-order valence-corrected chi connectivity index (χ1v) is 9.85. The Bertz CT molecular complexity index is 1150. The van der Waals surface area contributed by atoms with Crippen molar-refractivity contribution in [1.82, 2.24) is 14.9 Å². The summed E-state index contributed by atoms with van der Waals surface area (Å²) in [4.78, 5) is 45.3. The lowest BCUT2D eigenvalue weighted by molar-refractivity contribution is -0.116. The minimum atomic E-state index is -0.411. The van der Waals surface area contributed by atoms with Crippen LogP contribution in [0.15, 0.2) is 48.9 Å². The van der Waals surface area contributed by atoms with Crippen molar-refractivity contribution >= 4 is 35.6 Å². The number of aromatic nitrogens is 2. The van der Waals surface area contributed by atoms with E-state index in [-0.39, 0.29) is 12.3 Å². The smallest absolute Gasteiger partial charge is 0.260 e. The van der Waals surface area contributed by atoms with Gasteiger partial charge in [0.15, 0.2) is 0 Å². The zero-order valence-electron chi connectivity index (χ0n) is 17.3. The molecule has 0 fully saturated rings. The van der Waals surface area contributed by atoms with Crippen molar-refractivity contribution in [3.05, 3.63) is 76.2 Å². The highest BCUT2D eigenvalue weighted by atomic mass is 35.5. The van der Waals surface area contributed by atoms with E-state index in [9.17, 15) is 14.4 Å². The molecule has 2 aromatic heterocycles. The SMILES string of the molecule is Cc1cc(CC(=O)Nc2ccc(-c3cncc(Cl)c3)cn2)c(C)c(C(=O)N(C)C=O)c1.